The summed E-state index contributed by atoms with van der Waals surface area (Å²) in [5.74, 6) is -0.0556. The van der Waals surface area contributed by atoms with E-state index in [1.54, 1.807) is 11.3 Å². The maximum Gasteiger partial charge on any atom is 0.248 e. The molecule has 1 aromatic carbocycles. The van der Waals surface area contributed by atoms with Crippen molar-refractivity contribution >= 4 is 32.6 Å². The quantitative estimate of drug-likeness (QED) is 0.882. The molecule has 2 heterocycles. The molecule has 0 bridgehead atoms. The van der Waals surface area contributed by atoms with Crippen molar-refractivity contribution in [1.29, 1.82) is 0 Å². The van der Waals surface area contributed by atoms with Crippen LogP contribution in [-0.2, 0) is 9.63 Å². The Bertz CT molecular complexity index is 595. The van der Waals surface area contributed by atoms with Gasteiger partial charge in [-0.3, -0.25) is 9.63 Å². The van der Waals surface area contributed by atoms with Crippen LogP contribution in [-0.4, -0.2) is 30.6 Å². The monoisotopic (exact) mass is 305 g/mol. The van der Waals surface area contributed by atoms with Crippen LogP contribution < -0.4 is 10.4 Å². The average molecular weight is 305 g/mol. The van der Waals surface area contributed by atoms with Gasteiger partial charge in [-0.25, -0.2) is 10.5 Å². The molecule has 1 unspecified atom stereocenters. The van der Waals surface area contributed by atoms with Crippen molar-refractivity contribution < 1.29 is 9.63 Å². The van der Waals surface area contributed by atoms with Gasteiger partial charge in [0.05, 0.1) is 22.7 Å². The summed E-state index contributed by atoms with van der Waals surface area (Å²) in [6.07, 6.45) is 1.90. The van der Waals surface area contributed by atoms with Crippen molar-refractivity contribution in [3.8, 4) is 0 Å². The molecule has 1 aliphatic heterocycles. The van der Waals surface area contributed by atoms with Gasteiger partial charge in [-0.05, 0) is 31.9 Å². The van der Waals surface area contributed by atoms with Gasteiger partial charge < -0.3 is 4.90 Å². The zero-order valence-corrected chi connectivity index (χ0v) is 12.9. The van der Waals surface area contributed by atoms with Crippen LogP contribution in [0.15, 0.2) is 24.3 Å². The molecule has 5 nitrogen and oxygen atoms in total. The number of thiazole rings is 1. The summed E-state index contributed by atoms with van der Waals surface area (Å²) in [5, 5.41) is 1.00. The van der Waals surface area contributed by atoms with Gasteiger partial charge in [0.25, 0.3) is 0 Å². The third-order valence-electron chi connectivity index (χ3n) is 3.66. The summed E-state index contributed by atoms with van der Waals surface area (Å²) in [6.45, 7) is 4.01. The smallest absolute Gasteiger partial charge is 0.248 e. The molecule has 1 atom stereocenters. The highest BCUT2D eigenvalue weighted by molar-refractivity contribution is 7.22. The zero-order valence-electron chi connectivity index (χ0n) is 12.0. The standard InChI is InChI=1S/C15H19N3O2S/c1-2-20-17-14(19)11-6-5-9-18(10-11)15-16-12-7-3-4-8-13(12)21-15/h3-4,7-8,11H,2,5-6,9-10H2,1H3,(H,17,19). The van der Waals surface area contributed by atoms with Crippen LogP contribution in [0.1, 0.15) is 19.8 Å². The Balaban J connectivity index is 1.72. The summed E-state index contributed by atoms with van der Waals surface area (Å²) in [6, 6.07) is 8.14. The highest BCUT2D eigenvalue weighted by Gasteiger charge is 2.27. The van der Waals surface area contributed by atoms with Crippen LogP contribution in [0.25, 0.3) is 10.2 Å². The Labute approximate surface area is 127 Å². The number of carbonyl (C=O) groups excluding carboxylic acids is 1. The van der Waals surface area contributed by atoms with E-state index >= 15 is 0 Å². The highest BCUT2D eigenvalue weighted by atomic mass is 32.1. The lowest BCUT2D eigenvalue weighted by atomic mass is 9.98. The number of anilines is 1. The number of nitrogens with zero attached hydrogens (tertiary/aromatic N) is 2. The first-order valence-corrected chi connectivity index (χ1v) is 8.11. The third-order valence-corrected chi connectivity index (χ3v) is 4.76. The number of carbonyl (C=O) groups is 1. The number of aromatic nitrogens is 1. The van der Waals surface area contributed by atoms with E-state index in [2.05, 4.69) is 21.4 Å². The second kappa shape index (κ2) is 6.41. The van der Waals surface area contributed by atoms with Crippen LogP contribution in [0.5, 0.6) is 0 Å². The first kappa shape index (κ1) is 14.3. The van der Waals surface area contributed by atoms with Gasteiger partial charge in [0.15, 0.2) is 5.13 Å². The van der Waals surface area contributed by atoms with E-state index in [4.69, 9.17) is 4.84 Å². The Morgan fingerprint density at radius 3 is 3.19 bits per heavy atom. The fraction of sp³-hybridized carbons (Fsp3) is 0.467. The normalized spacial score (nSPS) is 18.9. The Hall–Kier alpha value is -1.66. The average Bonchev–Trinajstić information content (AvgIpc) is 2.97. The molecule has 0 spiro atoms. The lowest BCUT2D eigenvalue weighted by molar-refractivity contribution is -0.137. The highest BCUT2D eigenvalue weighted by Crippen LogP contribution is 2.31. The van der Waals surface area contributed by atoms with E-state index in [-0.39, 0.29) is 11.8 Å². The molecule has 1 N–H and O–H groups in total. The van der Waals surface area contributed by atoms with Crippen molar-refractivity contribution in [3.63, 3.8) is 0 Å². The molecule has 21 heavy (non-hydrogen) atoms. The molecule has 1 amide bonds. The number of hydroxylamine groups is 1. The van der Waals surface area contributed by atoms with Crippen LogP contribution in [0.2, 0.25) is 0 Å². The minimum Gasteiger partial charge on any atom is -0.347 e. The fourth-order valence-electron chi connectivity index (χ4n) is 2.59. The molecule has 6 heteroatoms. The largest absolute Gasteiger partial charge is 0.347 e. The maximum atomic E-state index is 12.0. The van der Waals surface area contributed by atoms with E-state index in [0.717, 1.165) is 30.0 Å². The molecule has 0 aliphatic carbocycles. The summed E-state index contributed by atoms with van der Waals surface area (Å²) < 4.78 is 1.19. The summed E-state index contributed by atoms with van der Waals surface area (Å²) in [4.78, 5) is 23.9. The SMILES string of the molecule is CCONC(=O)C1CCCN(c2nc3ccccc3s2)C1. The van der Waals surface area contributed by atoms with E-state index < -0.39 is 0 Å². The predicted octanol–water partition coefficient (Wildman–Crippen LogP) is 2.58. The zero-order chi connectivity index (χ0) is 14.7. The second-order valence-electron chi connectivity index (χ2n) is 5.15. The van der Waals surface area contributed by atoms with E-state index in [0.29, 0.717) is 13.2 Å². The first-order valence-electron chi connectivity index (χ1n) is 7.30. The minimum atomic E-state index is -0.0303. The first-order chi connectivity index (χ1) is 10.3. The summed E-state index contributed by atoms with van der Waals surface area (Å²) in [7, 11) is 0. The van der Waals surface area contributed by atoms with Crippen molar-refractivity contribution in [2.75, 3.05) is 24.6 Å². The minimum absolute atomic E-state index is 0.0253. The molecule has 0 saturated carbocycles. The molecule has 3 rings (SSSR count). The van der Waals surface area contributed by atoms with Gasteiger partial charge in [-0.1, -0.05) is 23.5 Å². The maximum absolute atomic E-state index is 12.0. The Morgan fingerprint density at radius 1 is 1.52 bits per heavy atom. The number of piperidine rings is 1. The molecular formula is C15H19N3O2S. The van der Waals surface area contributed by atoms with Gasteiger partial charge in [-0.15, -0.1) is 0 Å². The Morgan fingerprint density at radius 2 is 2.38 bits per heavy atom. The molecule has 2 aromatic rings. The van der Waals surface area contributed by atoms with Gasteiger partial charge in [0.1, 0.15) is 0 Å². The van der Waals surface area contributed by atoms with Crippen LogP contribution in [0.3, 0.4) is 0 Å². The van der Waals surface area contributed by atoms with E-state index in [1.165, 1.54) is 4.70 Å². The van der Waals surface area contributed by atoms with Crippen LogP contribution >= 0.6 is 11.3 Å². The second-order valence-corrected chi connectivity index (χ2v) is 6.16. The van der Waals surface area contributed by atoms with Crippen molar-refractivity contribution in [2.24, 2.45) is 5.92 Å². The predicted molar refractivity (Wildman–Crippen MR) is 84.3 cm³/mol. The number of rotatable bonds is 4. The lowest BCUT2D eigenvalue weighted by Crippen LogP contribution is -2.43. The molecule has 1 fully saturated rings. The van der Waals surface area contributed by atoms with Crippen molar-refractivity contribution in [3.05, 3.63) is 24.3 Å². The van der Waals surface area contributed by atoms with Gasteiger partial charge in [-0.2, -0.15) is 0 Å². The number of benzene rings is 1. The van der Waals surface area contributed by atoms with E-state index in [1.807, 2.05) is 25.1 Å². The molecule has 1 saturated heterocycles. The molecule has 1 aliphatic rings. The van der Waals surface area contributed by atoms with Gasteiger partial charge >= 0.3 is 0 Å². The Kier molecular flexibility index (Phi) is 4.36. The molecule has 112 valence electrons. The van der Waals surface area contributed by atoms with Gasteiger partial charge in [0, 0.05) is 13.1 Å². The number of fused-ring (bicyclic) bond motifs is 1. The van der Waals surface area contributed by atoms with Crippen LogP contribution in [0, 0.1) is 5.92 Å². The molecule has 0 radical (unpaired) electrons. The van der Waals surface area contributed by atoms with Crippen LogP contribution in [0.4, 0.5) is 5.13 Å². The van der Waals surface area contributed by atoms with E-state index in [9.17, 15) is 4.79 Å². The lowest BCUT2D eigenvalue weighted by Gasteiger charge is -2.31. The molecular weight excluding hydrogens is 286 g/mol. The number of hydrogen-bond acceptors (Lipinski definition) is 5. The molecule has 1 aromatic heterocycles. The fourth-order valence-corrected chi connectivity index (χ4v) is 3.59. The third kappa shape index (κ3) is 3.16. The summed E-state index contributed by atoms with van der Waals surface area (Å²) in [5.41, 5.74) is 3.54. The van der Waals surface area contributed by atoms with Crippen molar-refractivity contribution in [1.82, 2.24) is 10.5 Å². The number of nitrogens with one attached hydrogen (secondary N) is 1. The number of para-hydroxylation sites is 1. The van der Waals surface area contributed by atoms with Crippen molar-refractivity contribution in [2.45, 2.75) is 19.8 Å². The van der Waals surface area contributed by atoms with Gasteiger partial charge in [0.2, 0.25) is 5.91 Å². The summed E-state index contributed by atoms with van der Waals surface area (Å²) >= 11 is 1.69. The number of hydrogen-bond donors (Lipinski definition) is 1. The number of amides is 1. The topological polar surface area (TPSA) is 54.5 Å².